The zero-order valence-corrected chi connectivity index (χ0v) is 11.9. The molecule has 0 radical (unpaired) electrons. The van der Waals surface area contributed by atoms with Gasteiger partial charge in [0.05, 0.1) is 0 Å². The number of hydrogen-bond acceptors (Lipinski definition) is 3. The molecule has 0 spiro atoms. The second-order valence-electron chi connectivity index (χ2n) is 4.11. The molecule has 0 aromatic carbocycles. The van der Waals surface area contributed by atoms with Crippen LogP contribution >= 0.6 is 23.2 Å². The fraction of sp³-hybridized carbons (Fsp3) is 0.750. The molecular formula is C12H19Cl2NO2. The molecule has 2 unspecified atom stereocenters. The van der Waals surface area contributed by atoms with Crippen molar-refractivity contribution in [3.8, 4) is 0 Å². The summed E-state index contributed by atoms with van der Waals surface area (Å²) in [7, 11) is 0. The summed E-state index contributed by atoms with van der Waals surface area (Å²) in [4.78, 5) is 4.03. The lowest BCUT2D eigenvalue weighted by atomic mass is 9.93. The topological polar surface area (TPSA) is 41.8 Å². The Morgan fingerprint density at radius 2 is 1.88 bits per heavy atom. The van der Waals surface area contributed by atoms with E-state index in [1.165, 1.54) is 0 Å². The Morgan fingerprint density at radius 3 is 2.35 bits per heavy atom. The highest BCUT2D eigenvalue weighted by atomic mass is 35.5. The van der Waals surface area contributed by atoms with Crippen LogP contribution in [-0.4, -0.2) is 22.5 Å². The van der Waals surface area contributed by atoms with E-state index in [0.717, 1.165) is 12.8 Å². The molecule has 3 nitrogen and oxygen atoms in total. The Morgan fingerprint density at radius 1 is 1.29 bits per heavy atom. The van der Waals surface area contributed by atoms with Gasteiger partial charge in [-0.1, -0.05) is 56.8 Å². The fourth-order valence-corrected chi connectivity index (χ4v) is 2.50. The van der Waals surface area contributed by atoms with Gasteiger partial charge in [0.15, 0.2) is 16.4 Å². The van der Waals surface area contributed by atoms with Gasteiger partial charge in [0, 0.05) is 6.42 Å². The minimum atomic E-state index is -0.646. The molecule has 0 aliphatic carbocycles. The zero-order chi connectivity index (χ0) is 13.0. The van der Waals surface area contributed by atoms with E-state index in [2.05, 4.69) is 4.99 Å². The molecule has 0 saturated heterocycles. The smallest absolute Gasteiger partial charge is 0.177 e. The zero-order valence-electron chi connectivity index (χ0n) is 10.4. The summed E-state index contributed by atoms with van der Waals surface area (Å²) in [5.74, 6) is 0.741. The average Bonchev–Trinajstić information content (AvgIpc) is 2.30. The standard InChI is InChI=1S/C12H19Cl2NO2/c1-4-7(5-2)9(16)10-12(14)15-11(13)8(6-3)17-10/h7,9-10,16H,4-6H2,1-3H3. The van der Waals surface area contributed by atoms with Crippen LogP contribution in [0.1, 0.15) is 40.0 Å². The number of nitrogens with zero attached hydrogens (tertiary/aromatic N) is 1. The van der Waals surface area contributed by atoms with Crippen LogP contribution in [0.4, 0.5) is 0 Å². The molecule has 1 aliphatic heterocycles. The Labute approximate surface area is 112 Å². The first-order valence-corrected chi connectivity index (χ1v) is 6.78. The number of rotatable bonds is 5. The number of aliphatic hydroxyl groups is 1. The van der Waals surface area contributed by atoms with Gasteiger partial charge in [0.25, 0.3) is 0 Å². The van der Waals surface area contributed by atoms with Crippen molar-refractivity contribution in [2.45, 2.75) is 52.2 Å². The van der Waals surface area contributed by atoms with Gasteiger partial charge < -0.3 is 9.84 Å². The van der Waals surface area contributed by atoms with Gasteiger partial charge in [0.1, 0.15) is 11.9 Å². The van der Waals surface area contributed by atoms with E-state index < -0.39 is 12.2 Å². The molecule has 0 saturated carbocycles. The van der Waals surface area contributed by atoms with Crippen molar-refractivity contribution in [2.24, 2.45) is 10.9 Å². The highest BCUT2D eigenvalue weighted by molar-refractivity contribution is 6.67. The first kappa shape index (κ1) is 14.8. The molecule has 0 bridgehead atoms. The lowest BCUT2D eigenvalue weighted by molar-refractivity contribution is -0.00529. The van der Waals surface area contributed by atoms with Gasteiger partial charge in [-0.25, -0.2) is 4.99 Å². The summed E-state index contributed by atoms with van der Waals surface area (Å²) in [6.45, 7) is 6.00. The summed E-state index contributed by atoms with van der Waals surface area (Å²) < 4.78 is 5.64. The third kappa shape index (κ3) is 3.36. The van der Waals surface area contributed by atoms with E-state index >= 15 is 0 Å². The van der Waals surface area contributed by atoms with Crippen LogP contribution in [-0.2, 0) is 4.74 Å². The molecule has 0 fully saturated rings. The van der Waals surface area contributed by atoms with Crippen molar-refractivity contribution in [1.82, 2.24) is 0 Å². The number of aliphatic imine (C=N–C) groups is 1. The maximum atomic E-state index is 10.2. The molecule has 1 rings (SSSR count). The molecular weight excluding hydrogens is 261 g/mol. The van der Waals surface area contributed by atoms with E-state index in [1.807, 2.05) is 20.8 Å². The number of halogens is 2. The predicted octanol–water partition coefficient (Wildman–Crippen LogP) is 3.64. The molecule has 0 aromatic rings. The summed E-state index contributed by atoms with van der Waals surface area (Å²) >= 11 is 11.9. The largest absolute Gasteiger partial charge is 0.482 e. The van der Waals surface area contributed by atoms with Crippen LogP contribution in [0.15, 0.2) is 15.9 Å². The molecule has 1 N–H and O–H groups in total. The average molecular weight is 280 g/mol. The fourth-order valence-electron chi connectivity index (χ4n) is 1.93. The minimum absolute atomic E-state index is 0.152. The molecule has 98 valence electrons. The first-order chi connectivity index (χ1) is 8.04. The summed E-state index contributed by atoms with van der Waals surface area (Å²) in [5, 5.41) is 10.8. The quantitative estimate of drug-likeness (QED) is 0.781. The Kier molecular flexibility index (Phi) is 5.77. The molecule has 5 heteroatoms. The van der Waals surface area contributed by atoms with Crippen LogP contribution in [0.3, 0.4) is 0 Å². The number of ether oxygens (including phenoxy) is 1. The highest BCUT2D eigenvalue weighted by Gasteiger charge is 2.34. The van der Waals surface area contributed by atoms with Crippen LogP contribution in [0.2, 0.25) is 0 Å². The number of aliphatic hydroxyl groups excluding tert-OH is 1. The van der Waals surface area contributed by atoms with E-state index in [0.29, 0.717) is 12.2 Å². The second kappa shape index (κ2) is 6.62. The SMILES string of the molecule is CCC1=C(Cl)N=C(Cl)C(C(O)C(CC)CC)O1. The summed E-state index contributed by atoms with van der Waals surface area (Å²) in [6.07, 6.45) is 1.16. The Balaban J connectivity index is 2.84. The summed E-state index contributed by atoms with van der Waals surface area (Å²) in [5.41, 5.74) is 0. The van der Waals surface area contributed by atoms with Crippen molar-refractivity contribution >= 4 is 28.4 Å². The van der Waals surface area contributed by atoms with Crippen LogP contribution in [0, 0.1) is 5.92 Å². The normalized spacial score (nSPS) is 22.5. The monoisotopic (exact) mass is 279 g/mol. The Bertz CT molecular complexity index is 324. The number of allylic oxidation sites excluding steroid dienone is 1. The second-order valence-corrected chi connectivity index (χ2v) is 4.85. The van der Waals surface area contributed by atoms with E-state index in [1.54, 1.807) is 0 Å². The van der Waals surface area contributed by atoms with Crippen molar-refractivity contribution in [1.29, 1.82) is 0 Å². The number of hydrogen-bond donors (Lipinski definition) is 1. The maximum absolute atomic E-state index is 10.2. The Hall–Kier alpha value is -0.250. The third-order valence-electron chi connectivity index (χ3n) is 3.10. The van der Waals surface area contributed by atoms with E-state index in [4.69, 9.17) is 27.9 Å². The maximum Gasteiger partial charge on any atom is 0.177 e. The highest BCUT2D eigenvalue weighted by Crippen LogP contribution is 2.29. The van der Waals surface area contributed by atoms with E-state index in [-0.39, 0.29) is 16.2 Å². The van der Waals surface area contributed by atoms with Gasteiger partial charge in [-0.05, 0) is 5.92 Å². The lowest BCUT2D eigenvalue weighted by Gasteiger charge is -2.31. The van der Waals surface area contributed by atoms with Crippen molar-refractivity contribution in [2.75, 3.05) is 0 Å². The van der Waals surface area contributed by atoms with Gasteiger partial charge >= 0.3 is 0 Å². The van der Waals surface area contributed by atoms with Gasteiger partial charge in [-0.3, -0.25) is 0 Å². The summed E-state index contributed by atoms with van der Waals surface area (Å²) in [6, 6.07) is 0. The molecule has 0 aromatic heterocycles. The first-order valence-electron chi connectivity index (χ1n) is 6.02. The van der Waals surface area contributed by atoms with E-state index in [9.17, 15) is 5.11 Å². The van der Waals surface area contributed by atoms with Crippen LogP contribution in [0.5, 0.6) is 0 Å². The third-order valence-corrected chi connectivity index (χ3v) is 3.70. The van der Waals surface area contributed by atoms with Crippen LogP contribution in [0.25, 0.3) is 0 Å². The lowest BCUT2D eigenvalue weighted by Crippen LogP contribution is -2.40. The molecule has 1 heterocycles. The van der Waals surface area contributed by atoms with Crippen molar-refractivity contribution in [3.05, 3.63) is 10.9 Å². The molecule has 0 amide bonds. The molecule has 1 aliphatic rings. The minimum Gasteiger partial charge on any atom is -0.482 e. The van der Waals surface area contributed by atoms with Crippen LogP contribution < -0.4 is 0 Å². The van der Waals surface area contributed by atoms with Gasteiger partial charge in [-0.15, -0.1) is 0 Å². The predicted molar refractivity (Wildman–Crippen MR) is 71.4 cm³/mol. The molecule has 2 atom stereocenters. The van der Waals surface area contributed by atoms with Crippen molar-refractivity contribution in [3.63, 3.8) is 0 Å². The molecule has 17 heavy (non-hydrogen) atoms. The van der Waals surface area contributed by atoms with Gasteiger partial charge in [0.2, 0.25) is 0 Å². The van der Waals surface area contributed by atoms with Gasteiger partial charge in [-0.2, -0.15) is 0 Å². The van der Waals surface area contributed by atoms with Crippen molar-refractivity contribution < 1.29 is 9.84 Å².